The van der Waals surface area contributed by atoms with E-state index in [4.69, 9.17) is 9.16 Å². The zero-order valence-corrected chi connectivity index (χ0v) is 22.2. The van der Waals surface area contributed by atoms with Crippen molar-refractivity contribution in [2.45, 2.75) is 71.9 Å². The SMILES string of the molecule is CCCC(=O)N(CCO[Si](c1ccccc1)(c1ccccc1)C(C)(C)C)C(=O)OC(C)(C)C. The molecule has 0 bridgehead atoms. The molecule has 0 aliphatic rings. The lowest BCUT2D eigenvalue weighted by Gasteiger charge is -2.43. The molecule has 2 amide bonds. The Kier molecular flexibility index (Phi) is 9.03. The predicted molar refractivity (Wildman–Crippen MR) is 136 cm³/mol. The highest BCUT2D eigenvalue weighted by atomic mass is 28.4. The third-order valence-corrected chi connectivity index (χ3v) is 10.5. The third kappa shape index (κ3) is 6.78. The van der Waals surface area contributed by atoms with Gasteiger partial charge in [0.2, 0.25) is 5.91 Å². The maximum absolute atomic E-state index is 12.8. The maximum atomic E-state index is 12.8. The summed E-state index contributed by atoms with van der Waals surface area (Å²) in [6, 6.07) is 20.6. The zero-order chi connectivity index (χ0) is 24.7. The molecule has 0 spiro atoms. The summed E-state index contributed by atoms with van der Waals surface area (Å²) in [6.45, 7) is 14.3. The van der Waals surface area contributed by atoms with Crippen molar-refractivity contribution in [1.29, 1.82) is 0 Å². The van der Waals surface area contributed by atoms with Gasteiger partial charge in [-0.25, -0.2) is 9.69 Å². The van der Waals surface area contributed by atoms with E-state index in [-0.39, 0.29) is 24.1 Å². The zero-order valence-electron chi connectivity index (χ0n) is 21.2. The maximum Gasteiger partial charge on any atom is 0.417 e. The third-order valence-electron chi connectivity index (χ3n) is 5.43. The minimum Gasteiger partial charge on any atom is -0.443 e. The molecule has 5 nitrogen and oxygen atoms in total. The Morgan fingerprint density at radius 2 is 1.33 bits per heavy atom. The van der Waals surface area contributed by atoms with Crippen LogP contribution in [0.4, 0.5) is 4.79 Å². The van der Waals surface area contributed by atoms with Crippen LogP contribution in [0.15, 0.2) is 60.7 Å². The Hall–Kier alpha value is -2.44. The van der Waals surface area contributed by atoms with Crippen molar-refractivity contribution < 1.29 is 18.8 Å². The van der Waals surface area contributed by atoms with E-state index in [9.17, 15) is 9.59 Å². The van der Waals surface area contributed by atoms with Gasteiger partial charge in [-0.15, -0.1) is 0 Å². The summed E-state index contributed by atoms with van der Waals surface area (Å²) < 4.78 is 12.4. The Labute approximate surface area is 200 Å². The fourth-order valence-electron chi connectivity index (χ4n) is 4.04. The largest absolute Gasteiger partial charge is 0.443 e. The lowest BCUT2D eigenvalue weighted by Crippen LogP contribution is -2.67. The van der Waals surface area contributed by atoms with Crippen LogP contribution < -0.4 is 10.4 Å². The highest BCUT2D eigenvalue weighted by molar-refractivity contribution is 6.99. The van der Waals surface area contributed by atoms with Crippen molar-refractivity contribution >= 4 is 30.7 Å². The van der Waals surface area contributed by atoms with Crippen molar-refractivity contribution in [2.75, 3.05) is 13.2 Å². The molecule has 0 saturated heterocycles. The number of rotatable bonds is 8. The fraction of sp³-hybridized carbons (Fsp3) is 0.481. The first-order valence-electron chi connectivity index (χ1n) is 11.7. The van der Waals surface area contributed by atoms with E-state index in [1.54, 1.807) is 20.8 Å². The lowest BCUT2D eigenvalue weighted by atomic mass is 10.2. The van der Waals surface area contributed by atoms with Gasteiger partial charge >= 0.3 is 6.09 Å². The van der Waals surface area contributed by atoms with Crippen molar-refractivity contribution in [2.24, 2.45) is 0 Å². The summed E-state index contributed by atoms with van der Waals surface area (Å²) in [5.74, 6) is -0.238. The average molecular weight is 470 g/mol. The van der Waals surface area contributed by atoms with Crippen molar-refractivity contribution in [3.05, 3.63) is 60.7 Å². The Morgan fingerprint density at radius 1 is 0.848 bits per heavy atom. The molecule has 0 unspecified atom stereocenters. The summed E-state index contributed by atoms with van der Waals surface area (Å²) in [6.07, 6.45) is 0.332. The molecule has 2 aromatic carbocycles. The Balaban J connectivity index is 2.40. The highest BCUT2D eigenvalue weighted by Crippen LogP contribution is 2.36. The second-order valence-corrected chi connectivity index (χ2v) is 14.6. The minimum atomic E-state index is -2.74. The summed E-state index contributed by atoms with van der Waals surface area (Å²) in [7, 11) is -2.74. The van der Waals surface area contributed by atoms with E-state index in [0.29, 0.717) is 12.8 Å². The van der Waals surface area contributed by atoms with Crippen LogP contribution in [0.5, 0.6) is 0 Å². The number of carbonyl (C=O) groups excluding carboxylic acids is 2. The van der Waals surface area contributed by atoms with Crippen LogP contribution in [0.1, 0.15) is 61.3 Å². The first-order valence-corrected chi connectivity index (χ1v) is 13.6. The molecule has 0 aromatic heterocycles. The van der Waals surface area contributed by atoms with Crippen LogP contribution in [0, 0.1) is 0 Å². The van der Waals surface area contributed by atoms with E-state index < -0.39 is 20.0 Å². The number of ether oxygens (including phenoxy) is 1. The van der Waals surface area contributed by atoms with Gasteiger partial charge in [-0.3, -0.25) is 4.79 Å². The second-order valence-electron chi connectivity index (χ2n) is 10.3. The van der Waals surface area contributed by atoms with Crippen LogP contribution in [0.25, 0.3) is 0 Å². The number of imide groups is 1. The molecular weight excluding hydrogens is 430 g/mol. The van der Waals surface area contributed by atoms with E-state index >= 15 is 0 Å². The minimum absolute atomic E-state index is 0.151. The summed E-state index contributed by atoms with van der Waals surface area (Å²) >= 11 is 0. The number of benzene rings is 2. The van der Waals surface area contributed by atoms with E-state index in [0.717, 1.165) is 10.4 Å². The molecule has 0 fully saturated rings. The van der Waals surface area contributed by atoms with Crippen molar-refractivity contribution in [3.63, 3.8) is 0 Å². The van der Waals surface area contributed by atoms with Gasteiger partial charge in [0.1, 0.15) is 5.60 Å². The number of nitrogens with zero attached hydrogens (tertiary/aromatic N) is 1. The molecule has 0 saturated carbocycles. The van der Waals surface area contributed by atoms with Crippen LogP contribution in [-0.2, 0) is 14.0 Å². The molecule has 180 valence electrons. The first-order chi connectivity index (χ1) is 15.4. The fourth-order valence-corrected chi connectivity index (χ4v) is 8.59. The molecule has 0 aliphatic heterocycles. The van der Waals surface area contributed by atoms with Gasteiger partial charge in [0.15, 0.2) is 0 Å². The molecular formula is C27H39NO4Si. The van der Waals surface area contributed by atoms with E-state index in [1.165, 1.54) is 4.90 Å². The van der Waals surface area contributed by atoms with Gasteiger partial charge in [-0.2, -0.15) is 0 Å². The average Bonchev–Trinajstić information content (AvgIpc) is 2.73. The van der Waals surface area contributed by atoms with Gasteiger partial charge in [-0.1, -0.05) is 88.4 Å². The molecule has 0 heterocycles. The monoisotopic (exact) mass is 469 g/mol. The van der Waals surface area contributed by atoms with E-state index in [2.05, 4.69) is 45.0 Å². The molecule has 0 radical (unpaired) electrons. The summed E-state index contributed by atoms with van der Waals surface area (Å²) in [4.78, 5) is 26.8. The van der Waals surface area contributed by atoms with Crippen LogP contribution >= 0.6 is 0 Å². The molecule has 0 N–H and O–H groups in total. The highest BCUT2D eigenvalue weighted by Gasteiger charge is 2.50. The number of carbonyl (C=O) groups is 2. The lowest BCUT2D eigenvalue weighted by molar-refractivity contribution is -0.130. The van der Waals surface area contributed by atoms with Gasteiger partial charge in [0, 0.05) is 6.42 Å². The Bertz CT molecular complexity index is 862. The van der Waals surface area contributed by atoms with Crippen LogP contribution in [0.2, 0.25) is 5.04 Å². The molecule has 0 atom stereocenters. The standard InChI is InChI=1S/C27H39NO4Si/c1-8-15-24(29)28(25(30)32-26(2,3)4)20-21-31-33(27(5,6)7,22-16-11-9-12-17-22)23-18-13-10-14-19-23/h9-14,16-19H,8,15,20-21H2,1-7H3. The molecule has 33 heavy (non-hydrogen) atoms. The quantitative estimate of drug-likeness (QED) is 0.503. The molecule has 2 rings (SSSR count). The normalized spacial score (nSPS) is 12.3. The smallest absolute Gasteiger partial charge is 0.417 e. The van der Waals surface area contributed by atoms with Crippen molar-refractivity contribution in [3.8, 4) is 0 Å². The second kappa shape index (κ2) is 11.1. The van der Waals surface area contributed by atoms with E-state index in [1.807, 2.05) is 43.3 Å². The predicted octanol–water partition coefficient (Wildman–Crippen LogP) is 5.13. The molecule has 6 heteroatoms. The molecule has 2 aromatic rings. The van der Waals surface area contributed by atoms with Crippen molar-refractivity contribution in [1.82, 2.24) is 4.90 Å². The van der Waals surface area contributed by atoms with Gasteiger partial charge in [-0.05, 0) is 42.6 Å². The topological polar surface area (TPSA) is 55.8 Å². The van der Waals surface area contributed by atoms with Crippen LogP contribution in [-0.4, -0.2) is 44.0 Å². The summed E-state index contributed by atoms with van der Waals surface area (Å²) in [5, 5.41) is 2.14. The van der Waals surface area contributed by atoms with Gasteiger partial charge < -0.3 is 9.16 Å². The van der Waals surface area contributed by atoms with Gasteiger partial charge in [0.25, 0.3) is 8.32 Å². The van der Waals surface area contributed by atoms with Gasteiger partial charge in [0.05, 0.1) is 13.2 Å². The number of hydrogen-bond donors (Lipinski definition) is 0. The first kappa shape index (κ1) is 26.8. The van der Waals surface area contributed by atoms with Crippen LogP contribution in [0.3, 0.4) is 0 Å². The summed E-state index contributed by atoms with van der Waals surface area (Å²) in [5.41, 5.74) is -0.680. The Morgan fingerprint density at radius 3 is 1.73 bits per heavy atom. The number of amides is 2. The number of hydrogen-bond acceptors (Lipinski definition) is 4. The molecule has 0 aliphatic carbocycles.